The van der Waals surface area contributed by atoms with Crippen LogP contribution in [-0.4, -0.2) is 41.0 Å². The van der Waals surface area contributed by atoms with Crippen LogP contribution in [0.4, 0.5) is 0 Å². The SMILES string of the molecule is COc1ccc(-c2nc3cc(C)ccc3cc2CN(C(=O)c2csc(C)n2)C2CC2)cc1OC. The smallest absolute Gasteiger partial charge is 0.273 e. The van der Waals surface area contributed by atoms with Crippen LogP contribution in [0.1, 0.15) is 39.5 Å². The minimum atomic E-state index is -0.0193. The van der Waals surface area contributed by atoms with Gasteiger partial charge >= 0.3 is 0 Å². The second-order valence-electron chi connectivity index (χ2n) is 8.68. The van der Waals surface area contributed by atoms with E-state index in [4.69, 9.17) is 14.5 Å². The van der Waals surface area contributed by atoms with Gasteiger partial charge in [0.1, 0.15) is 5.69 Å². The van der Waals surface area contributed by atoms with Gasteiger partial charge in [0.25, 0.3) is 5.91 Å². The summed E-state index contributed by atoms with van der Waals surface area (Å²) in [6.07, 6.45) is 2.03. The van der Waals surface area contributed by atoms with E-state index in [2.05, 4.69) is 36.2 Å². The van der Waals surface area contributed by atoms with Gasteiger partial charge in [-0.3, -0.25) is 4.79 Å². The number of hydrogen-bond donors (Lipinski definition) is 0. The molecule has 0 saturated heterocycles. The second kappa shape index (κ2) is 9.06. The molecule has 2 aromatic heterocycles. The van der Waals surface area contributed by atoms with E-state index in [1.807, 2.05) is 35.4 Å². The zero-order chi connectivity index (χ0) is 23.8. The van der Waals surface area contributed by atoms with Gasteiger partial charge in [0.2, 0.25) is 0 Å². The van der Waals surface area contributed by atoms with Crippen molar-refractivity contribution in [2.75, 3.05) is 14.2 Å². The molecule has 0 radical (unpaired) electrons. The first-order valence-electron chi connectivity index (χ1n) is 11.3. The van der Waals surface area contributed by atoms with Crippen molar-refractivity contribution < 1.29 is 14.3 Å². The minimum absolute atomic E-state index is 0.0193. The molecular weight excluding hydrogens is 446 g/mol. The Bertz CT molecular complexity index is 1380. The van der Waals surface area contributed by atoms with Gasteiger partial charge in [-0.1, -0.05) is 12.1 Å². The standard InChI is InChI=1S/C27H27N3O3S/c1-16-5-6-18-12-20(14-30(21-8-9-21)27(31)23-15-34-17(2)28-23)26(29-22(18)11-16)19-7-10-24(32-3)25(13-19)33-4/h5-7,10-13,15,21H,8-9,14H2,1-4H3. The average molecular weight is 474 g/mol. The number of fused-ring (bicyclic) bond motifs is 1. The molecule has 5 rings (SSSR count). The molecule has 1 fully saturated rings. The van der Waals surface area contributed by atoms with Crippen LogP contribution in [0, 0.1) is 13.8 Å². The monoisotopic (exact) mass is 473 g/mol. The predicted molar refractivity (Wildman–Crippen MR) is 135 cm³/mol. The van der Waals surface area contributed by atoms with Crippen molar-refractivity contribution in [2.45, 2.75) is 39.3 Å². The van der Waals surface area contributed by atoms with Crippen molar-refractivity contribution in [3.63, 3.8) is 0 Å². The molecule has 0 bridgehead atoms. The van der Waals surface area contributed by atoms with Gasteiger partial charge in [0, 0.05) is 28.9 Å². The Kier molecular flexibility index (Phi) is 5.96. The van der Waals surface area contributed by atoms with Crippen LogP contribution in [0.15, 0.2) is 47.8 Å². The zero-order valence-electron chi connectivity index (χ0n) is 19.8. The number of benzene rings is 2. The normalized spacial score (nSPS) is 13.2. The number of amides is 1. The van der Waals surface area contributed by atoms with Crippen molar-refractivity contribution >= 4 is 28.1 Å². The molecule has 34 heavy (non-hydrogen) atoms. The number of hydrogen-bond acceptors (Lipinski definition) is 6. The van der Waals surface area contributed by atoms with Crippen LogP contribution < -0.4 is 9.47 Å². The van der Waals surface area contributed by atoms with E-state index in [-0.39, 0.29) is 11.9 Å². The molecule has 2 heterocycles. The lowest BCUT2D eigenvalue weighted by atomic mass is 10.0. The summed E-state index contributed by atoms with van der Waals surface area (Å²) in [5, 5.41) is 3.80. The average Bonchev–Trinajstić information content (AvgIpc) is 3.60. The van der Waals surface area contributed by atoms with E-state index in [1.54, 1.807) is 14.2 Å². The fourth-order valence-electron chi connectivity index (χ4n) is 4.22. The summed E-state index contributed by atoms with van der Waals surface area (Å²) >= 11 is 1.50. The van der Waals surface area contributed by atoms with Crippen LogP contribution in [0.3, 0.4) is 0 Å². The highest BCUT2D eigenvalue weighted by atomic mass is 32.1. The van der Waals surface area contributed by atoms with E-state index < -0.39 is 0 Å². The first-order chi connectivity index (χ1) is 16.5. The van der Waals surface area contributed by atoms with E-state index in [9.17, 15) is 4.79 Å². The third-order valence-electron chi connectivity index (χ3n) is 6.14. The summed E-state index contributed by atoms with van der Waals surface area (Å²) in [5.41, 5.74) is 5.35. The van der Waals surface area contributed by atoms with Gasteiger partial charge in [-0.25, -0.2) is 9.97 Å². The number of carbonyl (C=O) groups is 1. The number of methoxy groups -OCH3 is 2. The lowest BCUT2D eigenvalue weighted by Gasteiger charge is -2.23. The molecule has 4 aromatic rings. The van der Waals surface area contributed by atoms with Crippen molar-refractivity contribution in [1.82, 2.24) is 14.9 Å². The highest BCUT2D eigenvalue weighted by Gasteiger charge is 2.34. The maximum Gasteiger partial charge on any atom is 0.273 e. The van der Waals surface area contributed by atoms with Crippen LogP contribution >= 0.6 is 11.3 Å². The summed E-state index contributed by atoms with van der Waals surface area (Å²) in [7, 11) is 3.25. The second-order valence-corrected chi connectivity index (χ2v) is 9.74. The third kappa shape index (κ3) is 4.35. The number of nitrogens with zero attached hydrogens (tertiary/aromatic N) is 3. The summed E-state index contributed by atoms with van der Waals surface area (Å²) in [6, 6.07) is 14.5. The summed E-state index contributed by atoms with van der Waals surface area (Å²) in [5.74, 6) is 1.29. The molecule has 1 saturated carbocycles. The molecule has 7 heteroatoms. The highest BCUT2D eigenvalue weighted by Crippen LogP contribution is 2.36. The lowest BCUT2D eigenvalue weighted by molar-refractivity contribution is 0.0725. The number of aryl methyl sites for hydroxylation is 2. The third-order valence-corrected chi connectivity index (χ3v) is 6.91. The van der Waals surface area contributed by atoms with Gasteiger partial charge < -0.3 is 14.4 Å². The molecule has 0 unspecified atom stereocenters. The molecule has 1 amide bonds. The van der Waals surface area contributed by atoms with Crippen molar-refractivity contribution in [1.29, 1.82) is 0 Å². The fraction of sp³-hybridized carbons (Fsp3) is 0.296. The summed E-state index contributed by atoms with van der Waals surface area (Å²) < 4.78 is 11.0. The zero-order valence-corrected chi connectivity index (χ0v) is 20.6. The molecule has 0 N–H and O–H groups in total. The molecule has 1 aliphatic rings. The Balaban J connectivity index is 1.62. The molecule has 0 aliphatic heterocycles. The molecule has 6 nitrogen and oxygen atoms in total. The Morgan fingerprint density at radius 2 is 1.82 bits per heavy atom. The maximum absolute atomic E-state index is 13.4. The summed E-state index contributed by atoms with van der Waals surface area (Å²) in [4.78, 5) is 24.9. The van der Waals surface area contributed by atoms with Crippen molar-refractivity contribution in [3.8, 4) is 22.8 Å². The van der Waals surface area contributed by atoms with Gasteiger partial charge in [0.05, 0.1) is 30.4 Å². The molecule has 1 aliphatic carbocycles. The van der Waals surface area contributed by atoms with Crippen molar-refractivity contribution in [3.05, 3.63) is 69.7 Å². The van der Waals surface area contributed by atoms with E-state index >= 15 is 0 Å². The first kappa shape index (κ1) is 22.3. The van der Waals surface area contributed by atoms with Gasteiger partial charge in [0.15, 0.2) is 11.5 Å². The molecule has 0 atom stereocenters. The van der Waals surface area contributed by atoms with E-state index in [0.717, 1.165) is 51.1 Å². The lowest BCUT2D eigenvalue weighted by Crippen LogP contribution is -2.33. The molecule has 0 spiro atoms. The number of ether oxygens (including phenoxy) is 2. The predicted octanol–water partition coefficient (Wildman–Crippen LogP) is 5.80. The van der Waals surface area contributed by atoms with Gasteiger partial charge in [-0.05, 0) is 68.1 Å². The van der Waals surface area contributed by atoms with E-state index in [0.29, 0.717) is 23.7 Å². The number of pyridine rings is 1. The Morgan fingerprint density at radius 1 is 1.03 bits per heavy atom. The van der Waals surface area contributed by atoms with Gasteiger partial charge in [-0.2, -0.15) is 0 Å². The van der Waals surface area contributed by atoms with Gasteiger partial charge in [-0.15, -0.1) is 11.3 Å². The van der Waals surface area contributed by atoms with Crippen LogP contribution in [0.2, 0.25) is 0 Å². The minimum Gasteiger partial charge on any atom is -0.493 e. The Hall–Kier alpha value is -3.45. The van der Waals surface area contributed by atoms with Crippen LogP contribution in [0.5, 0.6) is 11.5 Å². The molecule has 174 valence electrons. The fourth-order valence-corrected chi connectivity index (χ4v) is 4.81. The number of rotatable bonds is 7. The van der Waals surface area contributed by atoms with E-state index in [1.165, 1.54) is 11.3 Å². The number of thiazole rings is 1. The summed E-state index contributed by atoms with van der Waals surface area (Å²) in [6.45, 7) is 4.46. The quantitative estimate of drug-likeness (QED) is 0.340. The molecule has 2 aromatic carbocycles. The highest BCUT2D eigenvalue weighted by molar-refractivity contribution is 7.09. The topological polar surface area (TPSA) is 64.5 Å². The number of carbonyl (C=O) groups excluding carboxylic acids is 1. The Morgan fingerprint density at radius 3 is 2.50 bits per heavy atom. The largest absolute Gasteiger partial charge is 0.493 e. The first-order valence-corrected chi connectivity index (χ1v) is 12.2. The maximum atomic E-state index is 13.4. The number of aromatic nitrogens is 2. The Labute approximate surface area is 203 Å². The van der Waals surface area contributed by atoms with Crippen molar-refractivity contribution in [2.24, 2.45) is 0 Å². The van der Waals surface area contributed by atoms with Crippen LogP contribution in [0.25, 0.3) is 22.2 Å². The van der Waals surface area contributed by atoms with Crippen LogP contribution in [-0.2, 0) is 6.54 Å². The molecular formula is C27H27N3O3S.